The van der Waals surface area contributed by atoms with Crippen LogP contribution in [0.2, 0.25) is 0 Å². The fraction of sp³-hybridized carbons (Fsp3) is 0.0833. The number of carbonyl (C=O) groups is 1. The van der Waals surface area contributed by atoms with Crippen LogP contribution in [0.1, 0.15) is 5.56 Å². The van der Waals surface area contributed by atoms with Crippen LogP contribution >= 0.6 is 0 Å². The van der Waals surface area contributed by atoms with Crippen LogP contribution in [0, 0.1) is 0 Å². The molecule has 0 aromatic heterocycles. The monoisotopic (exact) mass is 224 g/mol. The van der Waals surface area contributed by atoms with Crippen LogP contribution in [0.15, 0.2) is 50.5 Å². The lowest BCUT2D eigenvalue weighted by molar-refractivity contribution is -0.111. The van der Waals surface area contributed by atoms with Crippen molar-refractivity contribution in [2.75, 3.05) is 0 Å². The van der Waals surface area contributed by atoms with Crippen LogP contribution in [0.25, 0.3) is 0 Å². The van der Waals surface area contributed by atoms with Crippen molar-refractivity contribution in [1.82, 2.24) is 0 Å². The predicted molar refractivity (Wildman–Crippen MR) is 66.0 cm³/mol. The minimum atomic E-state index is -0.373. The highest BCUT2D eigenvalue weighted by Gasteiger charge is 2.28. The van der Waals surface area contributed by atoms with Gasteiger partial charge in [0.05, 0.1) is 5.71 Å². The summed E-state index contributed by atoms with van der Waals surface area (Å²) in [5.74, 6) is -0.373. The van der Waals surface area contributed by atoms with E-state index in [1.807, 2.05) is 30.3 Å². The van der Waals surface area contributed by atoms with Gasteiger partial charge >= 0.3 is 5.91 Å². The van der Waals surface area contributed by atoms with Crippen molar-refractivity contribution >= 4 is 29.4 Å². The van der Waals surface area contributed by atoms with E-state index in [1.165, 1.54) is 6.34 Å². The van der Waals surface area contributed by atoms with Crippen LogP contribution in [-0.2, 0) is 11.2 Å². The number of carbonyl (C=O) groups excluding carboxylic acids is 1. The first-order chi connectivity index (χ1) is 8.34. The molecule has 2 heterocycles. The second-order valence-corrected chi connectivity index (χ2v) is 3.69. The Labute approximate surface area is 97.3 Å². The zero-order valence-electron chi connectivity index (χ0n) is 8.87. The number of hydrogen-bond donors (Lipinski definition) is 0. The number of nitrogens with zero attached hydrogens (tertiary/aromatic N) is 4. The molecular weight excluding hydrogens is 216 g/mol. The Morgan fingerprint density at radius 2 is 1.82 bits per heavy atom. The van der Waals surface area contributed by atoms with Crippen LogP contribution in [0.4, 0.5) is 0 Å². The van der Waals surface area contributed by atoms with Crippen LogP contribution in [-0.4, -0.2) is 29.4 Å². The average Bonchev–Trinajstić information content (AvgIpc) is 2.76. The van der Waals surface area contributed by atoms with Gasteiger partial charge in [-0.05, 0) is 5.56 Å². The molecule has 1 amide bonds. The summed E-state index contributed by atoms with van der Waals surface area (Å²) in [6.07, 6.45) is 1.87. The number of amides is 1. The molecule has 5 nitrogen and oxygen atoms in total. The number of fused-ring (bicyclic) bond motifs is 1. The maximum atomic E-state index is 11.4. The molecule has 0 N–H and O–H groups in total. The van der Waals surface area contributed by atoms with E-state index >= 15 is 0 Å². The Balaban J connectivity index is 1.87. The fourth-order valence-corrected chi connectivity index (χ4v) is 1.73. The largest absolute Gasteiger partial charge is 0.301 e. The van der Waals surface area contributed by atoms with Gasteiger partial charge in [-0.3, -0.25) is 4.79 Å². The Hall–Kier alpha value is -2.43. The number of hydrogen-bond acceptors (Lipinski definition) is 4. The summed E-state index contributed by atoms with van der Waals surface area (Å²) in [6.45, 7) is 0. The molecule has 2 aliphatic heterocycles. The molecule has 0 atom stereocenters. The Bertz CT molecular complexity index is 596. The van der Waals surface area contributed by atoms with Crippen LogP contribution in [0.5, 0.6) is 0 Å². The van der Waals surface area contributed by atoms with Gasteiger partial charge in [0.25, 0.3) is 0 Å². The fourth-order valence-electron chi connectivity index (χ4n) is 1.73. The van der Waals surface area contributed by atoms with Gasteiger partial charge in [-0.25, -0.2) is 4.99 Å². The molecule has 0 spiro atoms. The summed E-state index contributed by atoms with van der Waals surface area (Å²) in [5, 5.41) is 7.83. The molecule has 2 aliphatic rings. The first-order valence-electron chi connectivity index (χ1n) is 5.18. The molecule has 0 radical (unpaired) electrons. The van der Waals surface area contributed by atoms with Crippen molar-refractivity contribution in [3.63, 3.8) is 0 Å². The van der Waals surface area contributed by atoms with Crippen molar-refractivity contribution < 1.29 is 4.79 Å². The van der Waals surface area contributed by atoms with E-state index in [0.717, 1.165) is 5.56 Å². The molecule has 5 heteroatoms. The molecule has 0 aliphatic carbocycles. The van der Waals surface area contributed by atoms with E-state index < -0.39 is 0 Å². The third kappa shape index (κ3) is 1.71. The Morgan fingerprint density at radius 1 is 1.00 bits per heavy atom. The molecular formula is C12H8N4O. The van der Waals surface area contributed by atoms with Gasteiger partial charge in [0, 0.05) is 6.42 Å². The number of benzene rings is 1. The lowest BCUT2D eigenvalue weighted by atomic mass is 10.0. The van der Waals surface area contributed by atoms with Crippen molar-refractivity contribution in [3.8, 4) is 0 Å². The maximum Gasteiger partial charge on any atom is 0.301 e. The minimum absolute atomic E-state index is 0.249. The summed E-state index contributed by atoms with van der Waals surface area (Å²) in [5.41, 5.74) is 2.62. The topological polar surface area (TPSA) is 66.5 Å². The van der Waals surface area contributed by atoms with E-state index in [1.54, 1.807) is 0 Å². The second kappa shape index (κ2) is 3.86. The Morgan fingerprint density at radius 3 is 2.65 bits per heavy atom. The smallest absolute Gasteiger partial charge is 0.265 e. The molecule has 0 unspecified atom stereocenters. The zero-order valence-corrected chi connectivity index (χ0v) is 8.87. The SMILES string of the molecule is O=C1N=CN=C2C(Cc3ccccc3)=NN=C12. The van der Waals surface area contributed by atoms with Crippen LogP contribution < -0.4 is 0 Å². The zero-order chi connectivity index (χ0) is 11.7. The minimum Gasteiger partial charge on any atom is -0.265 e. The van der Waals surface area contributed by atoms with Gasteiger partial charge < -0.3 is 0 Å². The van der Waals surface area contributed by atoms with E-state index in [2.05, 4.69) is 20.2 Å². The lowest BCUT2D eigenvalue weighted by Gasteiger charge is -2.04. The van der Waals surface area contributed by atoms with E-state index in [0.29, 0.717) is 17.8 Å². The predicted octanol–water partition coefficient (Wildman–Crippen LogP) is 1.05. The van der Waals surface area contributed by atoms with E-state index in [-0.39, 0.29) is 11.6 Å². The van der Waals surface area contributed by atoms with Gasteiger partial charge in [0.15, 0.2) is 5.71 Å². The highest BCUT2D eigenvalue weighted by atomic mass is 16.1. The van der Waals surface area contributed by atoms with Crippen molar-refractivity contribution in [3.05, 3.63) is 35.9 Å². The number of rotatable bonds is 2. The molecule has 17 heavy (non-hydrogen) atoms. The first-order valence-corrected chi connectivity index (χ1v) is 5.18. The van der Waals surface area contributed by atoms with Gasteiger partial charge in [0.1, 0.15) is 12.1 Å². The van der Waals surface area contributed by atoms with E-state index in [4.69, 9.17) is 0 Å². The van der Waals surface area contributed by atoms with Gasteiger partial charge in [-0.15, -0.1) is 5.10 Å². The number of aliphatic imine (C=N–C) groups is 2. The maximum absolute atomic E-state index is 11.4. The Kier molecular flexibility index (Phi) is 2.22. The standard InChI is InChI=1S/C12H8N4O/c17-12-11-10(13-7-14-12)9(15-16-11)6-8-4-2-1-3-5-8/h1-5,7H,6H2. The highest BCUT2D eigenvalue weighted by Crippen LogP contribution is 2.10. The third-order valence-electron chi connectivity index (χ3n) is 2.55. The molecule has 3 rings (SSSR count). The molecule has 0 bridgehead atoms. The molecule has 1 aromatic carbocycles. The summed E-state index contributed by atoms with van der Waals surface area (Å²) < 4.78 is 0. The van der Waals surface area contributed by atoms with Crippen molar-refractivity contribution in [1.29, 1.82) is 0 Å². The quantitative estimate of drug-likeness (QED) is 0.740. The van der Waals surface area contributed by atoms with Crippen molar-refractivity contribution in [2.45, 2.75) is 6.42 Å². The van der Waals surface area contributed by atoms with E-state index in [9.17, 15) is 4.79 Å². The summed E-state index contributed by atoms with van der Waals surface area (Å²) in [7, 11) is 0. The molecule has 0 saturated heterocycles. The van der Waals surface area contributed by atoms with Gasteiger partial charge in [-0.2, -0.15) is 10.1 Å². The summed E-state index contributed by atoms with van der Waals surface area (Å²) in [6, 6.07) is 9.87. The average molecular weight is 224 g/mol. The molecule has 0 fully saturated rings. The van der Waals surface area contributed by atoms with Gasteiger partial charge in [0.2, 0.25) is 0 Å². The first kappa shape index (κ1) is 9.77. The third-order valence-corrected chi connectivity index (χ3v) is 2.55. The summed E-state index contributed by atoms with van der Waals surface area (Å²) in [4.78, 5) is 19.0. The van der Waals surface area contributed by atoms with Gasteiger partial charge in [-0.1, -0.05) is 30.3 Å². The molecule has 1 aromatic rings. The molecule has 0 saturated carbocycles. The van der Waals surface area contributed by atoms with Crippen molar-refractivity contribution in [2.24, 2.45) is 20.2 Å². The normalized spacial score (nSPS) is 17.4. The highest BCUT2D eigenvalue weighted by molar-refractivity contribution is 6.84. The molecule has 82 valence electrons. The lowest BCUT2D eigenvalue weighted by Crippen LogP contribution is -2.29. The second-order valence-electron chi connectivity index (χ2n) is 3.69. The van der Waals surface area contributed by atoms with Crippen LogP contribution in [0.3, 0.4) is 0 Å². The summed E-state index contributed by atoms with van der Waals surface area (Å²) >= 11 is 0.